The fourth-order valence-electron chi connectivity index (χ4n) is 2.43. The maximum Gasteiger partial charge on any atom is 0.267 e. The van der Waals surface area contributed by atoms with Crippen molar-refractivity contribution in [2.75, 3.05) is 19.0 Å². The summed E-state index contributed by atoms with van der Waals surface area (Å²) in [6, 6.07) is 12.9. The molecule has 1 amide bonds. The number of nitrogens with one attached hydrogen (secondary N) is 1. The second kappa shape index (κ2) is 7.98. The molecule has 0 aliphatic heterocycles. The number of hydrogen-bond donors (Lipinski definition) is 1. The van der Waals surface area contributed by atoms with E-state index in [2.05, 4.69) is 19.2 Å². The van der Waals surface area contributed by atoms with E-state index in [1.165, 1.54) is 11.3 Å². The van der Waals surface area contributed by atoms with Crippen LogP contribution in [0.3, 0.4) is 0 Å². The van der Waals surface area contributed by atoms with E-state index in [0.29, 0.717) is 28.1 Å². The third kappa shape index (κ3) is 4.11. The first-order chi connectivity index (χ1) is 12.5. The summed E-state index contributed by atoms with van der Waals surface area (Å²) in [5, 5.41) is 4.19. The Morgan fingerprint density at radius 1 is 1.19 bits per heavy atom. The number of methoxy groups -OCH3 is 1. The lowest BCUT2D eigenvalue weighted by Crippen LogP contribution is -2.11. The third-order valence-corrected chi connectivity index (χ3v) is 5.37. The van der Waals surface area contributed by atoms with Crippen LogP contribution in [0.1, 0.15) is 23.5 Å². The number of halogens is 1. The first kappa shape index (κ1) is 18.5. The fraction of sp³-hybridized carbons (Fsp3) is 0.250. The van der Waals surface area contributed by atoms with Crippen molar-refractivity contribution in [1.29, 1.82) is 0 Å². The van der Waals surface area contributed by atoms with Crippen LogP contribution in [0, 0.1) is 5.92 Å². The minimum Gasteiger partial charge on any atom is -0.497 e. The van der Waals surface area contributed by atoms with Gasteiger partial charge in [0.25, 0.3) is 5.91 Å². The fourth-order valence-corrected chi connectivity index (χ4v) is 3.87. The van der Waals surface area contributed by atoms with E-state index in [1.807, 2.05) is 42.5 Å². The highest BCUT2D eigenvalue weighted by Gasteiger charge is 2.18. The Labute approximate surface area is 161 Å². The van der Waals surface area contributed by atoms with Crippen LogP contribution in [0.25, 0.3) is 10.1 Å². The molecule has 0 saturated carbocycles. The third-order valence-electron chi connectivity index (χ3n) is 3.72. The predicted molar refractivity (Wildman–Crippen MR) is 108 cm³/mol. The number of carbonyl (C=O) groups is 1. The summed E-state index contributed by atoms with van der Waals surface area (Å²) in [4.78, 5) is 13.2. The molecule has 1 N–H and O–H groups in total. The number of hydrogen-bond acceptors (Lipinski definition) is 4. The summed E-state index contributed by atoms with van der Waals surface area (Å²) >= 11 is 7.76. The highest BCUT2D eigenvalue weighted by atomic mass is 35.5. The number of ether oxygens (including phenoxy) is 2. The van der Waals surface area contributed by atoms with Gasteiger partial charge in [-0.2, -0.15) is 0 Å². The molecule has 0 unspecified atom stereocenters. The molecule has 26 heavy (non-hydrogen) atoms. The SMILES string of the molecule is COc1ccc2c(Cl)c(C(=O)Nc3cccc(OCC(C)C)c3)sc2c1. The molecule has 0 atom stereocenters. The number of fused-ring (bicyclic) bond motifs is 1. The maximum atomic E-state index is 12.7. The van der Waals surface area contributed by atoms with Crippen molar-refractivity contribution < 1.29 is 14.3 Å². The van der Waals surface area contributed by atoms with Crippen LogP contribution < -0.4 is 14.8 Å². The molecule has 4 nitrogen and oxygen atoms in total. The Morgan fingerprint density at radius 3 is 2.73 bits per heavy atom. The number of rotatable bonds is 6. The van der Waals surface area contributed by atoms with Crippen LogP contribution in [0.15, 0.2) is 42.5 Å². The molecule has 3 aromatic rings. The van der Waals surface area contributed by atoms with Crippen molar-refractivity contribution in [3.05, 3.63) is 52.4 Å². The van der Waals surface area contributed by atoms with Gasteiger partial charge in [-0.05, 0) is 36.2 Å². The standard InChI is InChI=1S/C20H20ClNO3S/c1-12(2)11-25-15-6-4-5-13(9-15)22-20(23)19-18(21)16-8-7-14(24-3)10-17(16)26-19/h4-10,12H,11H2,1-3H3,(H,22,23). The zero-order chi connectivity index (χ0) is 18.7. The molecule has 2 aromatic carbocycles. The summed E-state index contributed by atoms with van der Waals surface area (Å²) in [7, 11) is 1.61. The van der Waals surface area contributed by atoms with Gasteiger partial charge in [0.05, 0.1) is 18.7 Å². The van der Waals surface area contributed by atoms with E-state index in [-0.39, 0.29) is 5.91 Å². The van der Waals surface area contributed by atoms with Crippen molar-refractivity contribution in [3.8, 4) is 11.5 Å². The zero-order valence-corrected chi connectivity index (χ0v) is 16.4. The van der Waals surface area contributed by atoms with Crippen LogP contribution in [0.4, 0.5) is 5.69 Å². The number of amides is 1. The zero-order valence-electron chi connectivity index (χ0n) is 14.8. The van der Waals surface area contributed by atoms with Gasteiger partial charge < -0.3 is 14.8 Å². The summed E-state index contributed by atoms with van der Waals surface area (Å²) in [5.74, 6) is 1.65. The van der Waals surface area contributed by atoms with Crippen molar-refractivity contribution in [2.45, 2.75) is 13.8 Å². The van der Waals surface area contributed by atoms with Crippen LogP contribution in [0.2, 0.25) is 5.02 Å². The van der Waals surface area contributed by atoms with E-state index in [9.17, 15) is 4.79 Å². The molecular formula is C20H20ClNO3S. The summed E-state index contributed by atoms with van der Waals surface area (Å²) < 4.78 is 11.8. The predicted octanol–water partition coefficient (Wildman–Crippen LogP) is 5.85. The molecule has 0 bridgehead atoms. The Morgan fingerprint density at radius 2 is 2.00 bits per heavy atom. The van der Waals surface area contributed by atoms with E-state index in [0.717, 1.165) is 21.6 Å². The Hall–Kier alpha value is -2.24. The number of benzene rings is 2. The van der Waals surface area contributed by atoms with Gasteiger partial charge in [0.2, 0.25) is 0 Å². The van der Waals surface area contributed by atoms with Crippen LogP contribution in [0.5, 0.6) is 11.5 Å². The van der Waals surface area contributed by atoms with E-state index >= 15 is 0 Å². The Balaban J connectivity index is 1.81. The Kier molecular flexibility index (Phi) is 5.69. The van der Waals surface area contributed by atoms with Gasteiger partial charge in [-0.15, -0.1) is 11.3 Å². The smallest absolute Gasteiger partial charge is 0.267 e. The quantitative estimate of drug-likeness (QED) is 0.575. The monoisotopic (exact) mass is 389 g/mol. The van der Waals surface area contributed by atoms with E-state index < -0.39 is 0 Å². The lowest BCUT2D eigenvalue weighted by molar-refractivity contribution is 0.103. The lowest BCUT2D eigenvalue weighted by atomic mass is 10.2. The summed E-state index contributed by atoms with van der Waals surface area (Å²) in [6.45, 7) is 4.80. The molecule has 1 heterocycles. The number of carbonyl (C=O) groups excluding carboxylic acids is 1. The van der Waals surface area contributed by atoms with Crippen molar-refractivity contribution in [2.24, 2.45) is 5.92 Å². The molecule has 0 aliphatic rings. The second-order valence-corrected chi connectivity index (χ2v) is 7.72. The average molecular weight is 390 g/mol. The molecule has 136 valence electrons. The van der Waals surface area contributed by atoms with Crippen molar-refractivity contribution >= 4 is 44.6 Å². The van der Waals surface area contributed by atoms with Gasteiger partial charge in [-0.1, -0.05) is 31.5 Å². The topological polar surface area (TPSA) is 47.6 Å². The minimum absolute atomic E-state index is 0.240. The number of anilines is 1. The lowest BCUT2D eigenvalue weighted by Gasteiger charge is -2.10. The highest BCUT2D eigenvalue weighted by Crippen LogP contribution is 2.37. The first-order valence-electron chi connectivity index (χ1n) is 8.28. The van der Waals surface area contributed by atoms with Gasteiger partial charge in [0.15, 0.2) is 0 Å². The van der Waals surface area contributed by atoms with Gasteiger partial charge in [-0.3, -0.25) is 4.79 Å². The van der Waals surface area contributed by atoms with Crippen LogP contribution >= 0.6 is 22.9 Å². The molecule has 1 aromatic heterocycles. The van der Waals surface area contributed by atoms with E-state index in [1.54, 1.807) is 7.11 Å². The molecule has 0 spiro atoms. The second-order valence-electron chi connectivity index (χ2n) is 6.29. The Bertz CT molecular complexity index is 936. The molecule has 0 radical (unpaired) electrons. The van der Waals surface area contributed by atoms with Crippen LogP contribution in [-0.4, -0.2) is 19.6 Å². The van der Waals surface area contributed by atoms with Crippen molar-refractivity contribution in [3.63, 3.8) is 0 Å². The van der Waals surface area contributed by atoms with Gasteiger partial charge in [-0.25, -0.2) is 0 Å². The number of thiophene rings is 1. The van der Waals surface area contributed by atoms with Gasteiger partial charge in [0, 0.05) is 21.8 Å². The van der Waals surface area contributed by atoms with Gasteiger partial charge in [0.1, 0.15) is 16.4 Å². The minimum atomic E-state index is -0.240. The van der Waals surface area contributed by atoms with Gasteiger partial charge >= 0.3 is 0 Å². The molecule has 6 heteroatoms. The molecular weight excluding hydrogens is 370 g/mol. The maximum absolute atomic E-state index is 12.7. The largest absolute Gasteiger partial charge is 0.497 e. The molecule has 0 fully saturated rings. The first-order valence-corrected chi connectivity index (χ1v) is 9.47. The summed E-state index contributed by atoms with van der Waals surface area (Å²) in [6.07, 6.45) is 0. The van der Waals surface area contributed by atoms with Crippen molar-refractivity contribution in [1.82, 2.24) is 0 Å². The summed E-state index contributed by atoms with van der Waals surface area (Å²) in [5.41, 5.74) is 0.669. The van der Waals surface area contributed by atoms with E-state index in [4.69, 9.17) is 21.1 Å². The van der Waals surface area contributed by atoms with Crippen LogP contribution in [-0.2, 0) is 0 Å². The average Bonchev–Trinajstić information content (AvgIpc) is 2.96. The molecule has 3 rings (SSSR count). The molecule has 0 aliphatic carbocycles. The highest BCUT2D eigenvalue weighted by molar-refractivity contribution is 7.21. The normalized spacial score (nSPS) is 11.0. The molecule has 0 saturated heterocycles.